The molecule has 0 aliphatic heterocycles. The highest BCUT2D eigenvalue weighted by atomic mass is 35.5. The third kappa shape index (κ3) is 7.44. The lowest BCUT2D eigenvalue weighted by molar-refractivity contribution is -0.155. The van der Waals surface area contributed by atoms with Crippen molar-refractivity contribution in [1.29, 1.82) is 5.26 Å². The predicted octanol–water partition coefficient (Wildman–Crippen LogP) is 6.61. The summed E-state index contributed by atoms with van der Waals surface area (Å²) in [5.74, 6) is 0.191. The van der Waals surface area contributed by atoms with Crippen molar-refractivity contribution in [2.75, 3.05) is 6.61 Å². The van der Waals surface area contributed by atoms with Crippen LogP contribution in [0.15, 0.2) is 53.0 Å². The topological polar surface area (TPSA) is 81.4 Å². The summed E-state index contributed by atoms with van der Waals surface area (Å²) >= 11 is 11.5. The highest BCUT2D eigenvalue weighted by Crippen LogP contribution is 2.29. The van der Waals surface area contributed by atoms with E-state index in [2.05, 4.69) is 4.98 Å². The Hall–Kier alpha value is -2.75. The molecular formula is C24H26Cl2N2O4. The van der Waals surface area contributed by atoms with Crippen molar-refractivity contribution < 1.29 is 19.0 Å². The number of carbonyl (C=O) groups excluding carboxylic acids is 1. The van der Waals surface area contributed by atoms with E-state index in [1.165, 1.54) is 0 Å². The van der Waals surface area contributed by atoms with Crippen molar-refractivity contribution in [3.05, 3.63) is 58.7 Å². The average molecular weight is 477 g/mol. The SMILES string of the molecule is CCOc1ccc(Oc2cccc(C(C#N)OC(=O)C(C(C)C)C(C)C=C(Cl)Cl)n2)cc1. The molecule has 1 heterocycles. The van der Waals surface area contributed by atoms with Gasteiger partial charge in [0.15, 0.2) is 0 Å². The fourth-order valence-electron chi connectivity index (χ4n) is 3.27. The smallest absolute Gasteiger partial charge is 0.311 e. The number of benzene rings is 1. The van der Waals surface area contributed by atoms with Gasteiger partial charge in [0, 0.05) is 6.07 Å². The van der Waals surface area contributed by atoms with Crippen molar-refractivity contribution in [3.63, 3.8) is 0 Å². The van der Waals surface area contributed by atoms with E-state index >= 15 is 0 Å². The van der Waals surface area contributed by atoms with Gasteiger partial charge in [-0.05, 0) is 49.1 Å². The second kappa shape index (κ2) is 12.3. The molecule has 1 aromatic heterocycles. The van der Waals surface area contributed by atoms with Crippen LogP contribution >= 0.6 is 23.2 Å². The lowest BCUT2D eigenvalue weighted by atomic mass is 9.84. The van der Waals surface area contributed by atoms with Gasteiger partial charge in [0.2, 0.25) is 12.0 Å². The van der Waals surface area contributed by atoms with Gasteiger partial charge in [-0.3, -0.25) is 4.79 Å². The average Bonchev–Trinajstić information content (AvgIpc) is 2.73. The van der Waals surface area contributed by atoms with E-state index in [-0.39, 0.29) is 27.9 Å². The molecule has 0 amide bonds. The minimum Gasteiger partial charge on any atom is -0.494 e. The summed E-state index contributed by atoms with van der Waals surface area (Å²) in [6, 6.07) is 14.0. The van der Waals surface area contributed by atoms with Gasteiger partial charge in [-0.1, -0.05) is 56.1 Å². The predicted molar refractivity (Wildman–Crippen MR) is 124 cm³/mol. The van der Waals surface area contributed by atoms with E-state index in [1.807, 2.05) is 33.8 Å². The third-order valence-electron chi connectivity index (χ3n) is 4.67. The summed E-state index contributed by atoms with van der Waals surface area (Å²) in [7, 11) is 0. The molecule has 6 nitrogen and oxygen atoms in total. The fraction of sp³-hybridized carbons (Fsp3) is 0.375. The Labute approximate surface area is 198 Å². The number of nitriles is 1. The normalized spacial score (nSPS) is 13.4. The Bertz CT molecular complexity index is 967. The number of aromatic nitrogens is 1. The number of hydrogen-bond acceptors (Lipinski definition) is 6. The molecule has 0 bridgehead atoms. The molecular weight excluding hydrogens is 451 g/mol. The van der Waals surface area contributed by atoms with E-state index in [1.54, 1.807) is 48.5 Å². The first-order chi connectivity index (χ1) is 15.2. The molecule has 0 radical (unpaired) electrons. The zero-order valence-electron chi connectivity index (χ0n) is 18.4. The standard InChI is InChI=1S/C24H26Cl2N2O4/c1-5-30-17-9-11-18(12-10-17)31-22-8-6-7-19(28-22)20(14-27)32-24(29)23(15(2)3)16(4)13-21(25)26/h6-13,15-16,20,23H,5H2,1-4H3. The second-order valence-electron chi connectivity index (χ2n) is 7.44. The van der Waals surface area contributed by atoms with Crippen LogP contribution in [0, 0.1) is 29.1 Å². The molecule has 0 aliphatic rings. The van der Waals surface area contributed by atoms with Crippen LogP contribution in [0.2, 0.25) is 0 Å². The molecule has 0 N–H and O–H groups in total. The number of hydrogen-bond donors (Lipinski definition) is 0. The van der Waals surface area contributed by atoms with E-state index in [9.17, 15) is 10.1 Å². The molecule has 0 saturated heterocycles. The highest BCUT2D eigenvalue weighted by Gasteiger charge is 2.31. The monoisotopic (exact) mass is 476 g/mol. The Morgan fingerprint density at radius 3 is 2.34 bits per heavy atom. The van der Waals surface area contributed by atoms with Gasteiger partial charge >= 0.3 is 5.97 Å². The molecule has 0 saturated carbocycles. The summed E-state index contributed by atoms with van der Waals surface area (Å²) in [4.78, 5) is 17.2. The largest absolute Gasteiger partial charge is 0.494 e. The molecule has 0 spiro atoms. The highest BCUT2D eigenvalue weighted by molar-refractivity contribution is 6.55. The number of ether oxygens (including phenoxy) is 3. The molecule has 2 aromatic rings. The lowest BCUT2D eigenvalue weighted by Gasteiger charge is -2.24. The van der Waals surface area contributed by atoms with Crippen molar-refractivity contribution in [2.45, 2.75) is 33.8 Å². The van der Waals surface area contributed by atoms with Gasteiger partial charge < -0.3 is 14.2 Å². The molecule has 170 valence electrons. The molecule has 2 rings (SSSR count). The Morgan fingerprint density at radius 1 is 1.12 bits per heavy atom. The van der Waals surface area contributed by atoms with E-state index in [0.29, 0.717) is 12.4 Å². The summed E-state index contributed by atoms with van der Waals surface area (Å²) in [5.41, 5.74) is 0.269. The number of carbonyl (C=O) groups is 1. The van der Waals surface area contributed by atoms with Crippen LogP contribution in [0.4, 0.5) is 0 Å². The molecule has 8 heteroatoms. The Balaban J connectivity index is 2.16. The number of pyridine rings is 1. The first kappa shape index (κ1) is 25.5. The van der Waals surface area contributed by atoms with Gasteiger partial charge in [-0.15, -0.1) is 0 Å². The minimum atomic E-state index is -1.18. The maximum Gasteiger partial charge on any atom is 0.311 e. The lowest BCUT2D eigenvalue weighted by Crippen LogP contribution is -2.29. The molecule has 0 fully saturated rings. The molecule has 32 heavy (non-hydrogen) atoms. The van der Waals surface area contributed by atoms with Gasteiger partial charge in [-0.2, -0.15) is 5.26 Å². The van der Waals surface area contributed by atoms with Crippen molar-refractivity contribution in [1.82, 2.24) is 4.98 Å². The summed E-state index contributed by atoms with van der Waals surface area (Å²) < 4.78 is 16.8. The van der Waals surface area contributed by atoms with Crippen molar-refractivity contribution in [2.24, 2.45) is 17.8 Å². The maximum atomic E-state index is 12.9. The second-order valence-corrected chi connectivity index (χ2v) is 8.45. The molecule has 3 unspecified atom stereocenters. The van der Waals surface area contributed by atoms with Gasteiger partial charge in [0.1, 0.15) is 22.1 Å². The number of esters is 1. The van der Waals surface area contributed by atoms with Gasteiger partial charge in [0.25, 0.3) is 0 Å². The fourth-order valence-corrected chi connectivity index (χ4v) is 3.67. The van der Waals surface area contributed by atoms with Crippen LogP contribution in [0.1, 0.15) is 39.5 Å². The third-order valence-corrected chi connectivity index (χ3v) is 4.92. The molecule has 0 aliphatic carbocycles. The van der Waals surface area contributed by atoms with Crippen LogP contribution < -0.4 is 9.47 Å². The van der Waals surface area contributed by atoms with Crippen LogP contribution in [-0.4, -0.2) is 17.6 Å². The van der Waals surface area contributed by atoms with E-state index < -0.39 is 18.0 Å². The van der Waals surface area contributed by atoms with E-state index in [0.717, 1.165) is 5.75 Å². The van der Waals surface area contributed by atoms with Gasteiger partial charge in [-0.25, -0.2) is 4.98 Å². The van der Waals surface area contributed by atoms with Gasteiger partial charge in [0.05, 0.1) is 18.2 Å². The van der Waals surface area contributed by atoms with Crippen molar-refractivity contribution in [3.8, 4) is 23.4 Å². The summed E-state index contributed by atoms with van der Waals surface area (Å²) in [5, 5.41) is 9.62. The number of allylic oxidation sites excluding steroid dienone is 1. The zero-order valence-corrected chi connectivity index (χ0v) is 19.9. The van der Waals surface area contributed by atoms with Crippen LogP contribution in [0.3, 0.4) is 0 Å². The first-order valence-electron chi connectivity index (χ1n) is 10.3. The molecule has 1 aromatic carbocycles. The molecule has 3 atom stereocenters. The Morgan fingerprint density at radius 2 is 1.78 bits per heavy atom. The quantitative estimate of drug-likeness (QED) is 0.358. The number of nitrogens with zero attached hydrogens (tertiary/aromatic N) is 2. The van der Waals surface area contributed by atoms with Crippen molar-refractivity contribution >= 4 is 29.2 Å². The minimum absolute atomic E-state index is 0.0527. The van der Waals surface area contributed by atoms with Crippen LogP contribution in [0.25, 0.3) is 0 Å². The number of halogens is 2. The van der Waals surface area contributed by atoms with E-state index in [4.69, 9.17) is 37.4 Å². The first-order valence-corrected chi connectivity index (χ1v) is 11.0. The van der Waals surface area contributed by atoms with Crippen LogP contribution in [0.5, 0.6) is 17.4 Å². The van der Waals surface area contributed by atoms with Crippen LogP contribution in [-0.2, 0) is 9.53 Å². The summed E-state index contributed by atoms with van der Waals surface area (Å²) in [6.45, 7) is 8.09. The summed E-state index contributed by atoms with van der Waals surface area (Å²) in [6.07, 6.45) is 0.398. The maximum absolute atomic E-state index is 12.9. The zero-order chi connectivity index (χ0) is 23.7. The number of rotatable bonds is 10. The Kier molecular flexibility index (Phi) is 9.83.